The molecule has 1 N–H and O–H groups in total. The molecule has 1 aliphatic heterocycles. The van der Waals surface area contributed by atoms with Crippen molar-refractivity contribution < 1.29 is 13.2 Å². The molecular weight excluding hydrogens is 347 g/mol. The third kappa shape index (κ3) is 6.23. The summed E-state index contributed by atoms with van der Waals surface area (Å²) in [6, 6.07) is 7.92. The minimum absolute atomic E-state index is 0.484. The number of nitrogens with one attached hydrogen (secondary N) is 1. The molecule has 118 valence electrons. The molecule has 0 radical (unpaired) electrons. The largest absolute Gasteiger partial charge is 0.401 e. The van der Waals surface area contributed by atoms with E-state index in [2.05, 4.69) is 26.1 Å². The Morgan fingerprint density at radius 1 is 1.00 bits per heavy atom. The van der Waals surface area contributed by atoms with Crippen LogP contribution in [0.1, 0.15) is 0 Å². The molecule has 1 saturated heterocycles. The normalized spacial score (nSPS) is 17.9. The quantitative estimate of drug-likeness (QED) is 0.864. The summed E-state index contributed by atoms with van der Waals surface area (Å²) in [4.78, 5) is 3.66. The molecule has 0 saturated carbocycles. The van der Waals surface area contributed by atoms with Gasteiger partial charge in [-0.15, -0.1) is 0 Å². The second-order valence-electron chi connectivity index (χ2n) is 5.17. The number of halogens is 4. The molecule has 0 aliphatic carbocycles. The smallest absolute Gasteiger partial charge is 0.384 e. The van der Waals surface area contributed by atoms with Crippen LogP contribution in [0.5, 0.6) is 0 Å². The number of benzene rings is 1. The lowest BCUT2D eigenvalue weighted by Crippen LogP contribution is -2.50. The van der Waals surface area contributed by atoms with Crippen LogP contribution >= 0.6 is 15.9 Å². The second-order valence-corrected chi connectivity index (χ2v) is 6.08. The van der Waals surface area contributed by atoms with E-state index < -0.39 is 12.7 Å². The van der Waals surface area contributed by atoms with Gasteiger partial charge in [0.25, 0.3) is 0 Å². The molecule has 1 aliphatic rings. The number of nitrogens with zero attached hydrogens (tertiary/aromatic N) is 2. The molecule has 0 atom stereocenters. The fraction of sp³-hybridized carbons (Fsp3) is 0.571. The summed E-state index contributed by atoms with van der Waals surface area (Å²) < 4.78 is 37.9. The van der Waals surface area contributed by atoms with Gasteiger partial charge in [-0.05, 0) is 24.3 Å². The third-order valence-corrected chi connectivity index (χ3v) is 4.00. The van der Waals surface area contributed by atoms with Gasteiger partial charge in [-0.3, -0.25) is 9.80 Å². The second kappa shape index (κ2) is 7.47. The van der Waals surface area contributed by atoms with E-state index in [-0.39, 0.29) is 0 Å². The first-order valence-electron chi connectivity index (χ1n) is 6.93. The maximum absolute atomic E-state index is 12.3. The van der Waals surface area contributed by atoms with Crippen LogP contribution in [0.25, 0.3) is 0 Å². The van der Waals surface area contributed by atoms with Crippen molar-refractivity contribution in [3.05, 3.63) is 28.7 Å². The zero-order valence-electron chi connectivity index (χ0n) is 11.7. The van der Waals surface area contributed by atoms with Crippen LogP contribution in [-0.4, -0.2) is 61.8 Å². The van der Waals surface area contributed by atoms with Crippen LogP contribution in [0.4, 0.5) is 18.9 Å². The van der Waals surface area contributed by atoms with Crippen molar-refractivity contribution in [2.45, 2.75) is 6.18 Å². The highest BCUT2D eigenvalue weighted by Crippen LogP contribution is 2.17. The lowest BCUT2D eigenvalue weighted by molar-refractivity contribution is -0.149. The molecular formula is C14H19BrF3N3. The summed E-state index contributed by atoms with van der Waals surface area (Å²) >= 11 is 3.38. The Bertz CT molecular complexity index is 428. The number of piperazine rings is 1. The molecule has 1 aromatic carbocycles. The Balaban J connectivity index is 1.64. The van der Waals surface area contributed by atoms with Crippen molar-refractivity contribution in [2.75, 3.05) is 51.1 Å². The molecule has 1 heterocycles. The third-order valence-electron chi connectivity index (χ3n) is 3.47. The fourth-order valence-corrected chi connectivity index (χ4v) is 2.61. The maximum Gasteiger partial charge on any atom is 0.401 e. The van der Waals surface area contributed by atoms with Gasteiger partial charge in [-0.25, -0.2) is 0 Å². The van der Waals surface area contributed by atoms with E-state index in [1.165, 1.54) is 4.90 Å². The van der Waals surface area contributed by atoms with Crippen LogP contribution < -0.4 is 5.32 Å². The van der Waals surface area contributed by atoms with Crippen molar-refractivity contribution in [1.82, 2.24) is 9.80 Å². The predicted molar refractivity (Wildman–Crippen MR) is 81.6 cm³/mol. The van der Waals surface area contributed by atoms with Gasteiger partial charge in [-0.2, -0.15) is 13.2 Å². The average molecular weight is 366 g/mol. The van der Waals surface area contributed by atoms with E-state index in [9.17, 15) is 13.2 Å². The van der Waals surface area contributed by atoms with E-state index in [1.54, 1.807) is 0 Å². The van der Waals surface area contributed by atoms with Gasteiger partial charge < -0.3 is 5.32 Å². The van der Waals surface area contributed by atoms with Crippen LogP contribution in [0.3, 0.4) is 0 Å². The molecule has 3 nitrogen and oxygen atoms in total. The standard InChI is InChI=1S/C14H19BrF3N3/c15-12-1-3-13(4-2-12)19-5-6-20-7-9-21(10-8-20)11-14(16,17)18/h1-4,19H,5-11H2. The first-order valence-corrected chi connectivity index (χ1v) is 7.72. The van der Waals surface area contributed by atoms with Crippen molar-refractivity contribution >= 4 is 21.6 Å². The zero-order chi connectivity index (χ0) is 15.3. The molecule has 0 amide bonds. The van der Waals surface area contributed by atoms with Crippen LogP contribution in [0.2, 0.25) is 0 Å². The molecule has 0 spiro atoms. The first-order chi connectivity index (χ1) is 9.92. The molecule has 1 aromatic rings. The first kappa shape index (κ1) is 16.6. The maximum atomic E-state index is 12.3. The number of alkyl halides is 3. The highest BCUT2D eigenvalue weighted by Gasteiger charge is 2.31. The van der Waals surface area contributed by atoms with Crippen LogP contribution in [0.15, 0.2) is 28.7 Å². The molecule has 0 bridgehead atoms. The predicted octanol–water partition coefficient (Wildman–Crippen LogP) is 3.04. The topological polar surface area (TPSA) is 18.5 Å². The molecule has 1 fully saturated rings. The minimum atomic E-state index is -4.09. The van der Waals surface area contributed by atoms with Gasteiger partial charge in [0, 0.05) is 49.4 Å². The van der Waals surface area contributed by atoms with Gasteiger partial charge in [-0.1, -0.05) is 15.9 Å². The highest BCUT2D eigenvalue weighted by atomic mass is 79.9. The van der Waals surface area contributed by atoms with Gasteiger partial charge in [0.1, 0.15) is 0 Å². The van der Waals surface area contributed by atoms with E-state index in [0.717, 1.165) is 23.2 Å². The van der Waals surface area contributed by atoms with E-state index >= 15 is 0 Å². The summed E-state index contributed by atoms with van der Waals surface area (Å²) in [5.74, 6) is 0. The van der Waals surface area contributed by atoms with Gasteiger partial charge >= 0.3 is 6.18 Å². The number of rotatable bonds is 5. The van der Waals surface area contributed by atoms with Crippen LogP contribution in [0, 0.1) is 0 Å². The summed E-state index contributed by atoms with van der Waals surface area (Å²) in [6.45, 7) is 3.20. The van der Waals surface area contributed by atoms with Crippen LogP contribution in [-0.2, 0) is 0 Å². The highest BCUT2D eigenvalue weighted by molar-refractivity contribution is 9.10. The molecule has 0 aromatic heterocycles. The number of anilines is 1. The lowest BCUT2D eigenvalue weighted by Gasteiger charge is -2.35. The van der Waals surface area contributed by atoms with Crippen molar-refractivity contribution in [3.63, 3.8) is 0 Å². The number of hydrogen-bond acceptors (Lipinski definition) is 3. The molecule has 2 rings (SSSR count). The molecule has 21 heavy (non-hydrogen) atoms. The Morgan fingerprint density at radius 2 is 1.57 bits per heavy atom. The van der Waals surface area contributed by atoms with Crippen molar-refractivity contribution in [3.8, 4) is 0 Å². The monoisotopic (exact) mass is 365 g/mol. The zero-order valence-corrected chi connectivity index (χ0v) is 13.3. The Labute approximate surface area is 131 Å². The lowest BCUT2D eigenvalue weighted by atomic mass is 10.3. The SMILES string of the molecule is FC(F)(F)CN1CCN(CCNc2ccc(Br)cc2)CC1. The molecule has 7 heteroatoms. The summed E-state index contributed by atoms with van der Waals surface area (Å²) in [6.07, 6.45) is -4.09. The number of hydrogen-bond donors (Lipinski definition) is 1. The molecule has 0 unspecified atom stereocenters. The summed E-state index contributed by atoms with van der Waals surface area (Å²) in [5, 5.41) is 3.31. The van der Waals surface area contributed by atoms with E-state index in [1.807, 2.05) is 24.3 Å². The Morgan fingerprint density at radius 3 is 2.14 bits per heavy atom. The van der Waals surface area contributed by atoms with E-state index in [0.29, 0.717) is 26.2 Å². The van der Waals surface area contributed by atoms with Gasteiger partial charge in [0.05, 0.1) is 6.54 Å². The minimum Gasteiger partial charge on any atom is -0.384 e. The van der Waals surface area contributed by atoms with Crippen molar-refractivity contribution in [1.29, 1.82) is 0 Å². The van der Waals surface area contributed by atoms with Crippen molar-refractivity contribution in [2.24, 2.45) is 0 Å². The average Bonchev–Trinajstić information content (AvgIpc) is 2.41. The van der Waals surface area contributed by atoms with Gasteiger partial charge in [0.2, 0.25) is 0 Å². The summed E-state index contributed by atoms with van der Waals surface area (Å²) in [5.41, 5.74) is 1.05. The van der Waals surface area contributed by atoms with E-state index in [4.69, 9.17) is 0 Å². The Kier molecular flexibility index (Phi) is 5.89. The fourth-order valence-electron chi connectivity index (χ4n) is 2.35. The van der Waals surface area contributed by atoms with Gasteiger partial charge in [0.15, 0.2) is 0 Å². The summed E-state index contributed by atoms with van der Waals surface area (Å²) in [7, 11) is 0. The Hall–Kier alpha value is -0.790.